The van der Waals surface area contributed by atoms with Crippen LogP contribution in [0.4, 0.5) is 5.69 Å². The minimum Gasteiger partial charge on any atom is -0.394 e. The molecule has 0 aliphatic rings. The third-order valence-electron chi connectivity index (χ3n) is 2.64. The summed E-state index contributed by atoms with van der Waals surface area (Å²) < 4.78 is 1.72. The van der Waals surface area contributed by atoms with Gasteiger partial charge in [-0.15, -0.1) is 0 Å². The first-order chi connectivity index (χ1) is 8.70. The van der Waals surface area contributed by atoms with Crippen LogP contribution in [-0.2, 0) is 6.54 Å². The maximum Gasteiger partial charge on any atom is 0.283 e. The Labute approximate surface area is 115 Å². The van der Waals surface area contributed by atoms with Gasteiger partial charge >= 0.3 is 0 Å². The van der Waals surface area contributed by atoms with Gasteiger partial charge in [-0.1, -0.05) is 26.2 Å². The van der Waals surface area contributed by atoms with Gasteiger partial charge in [0.05, 0.1) is 25.0 Å². The van der Waals surface area contributed by atoms with Gasteiger partial charge in [-0.3, -0.25) is 4.79 Å². The van der Waals surface area contributed by atoms with Gasteiger partial charge in [0.1, 0.15) is 4.47 Å². The van der Waals surface area contributed by atoms with Crippen LogP contribution >= 0.6 is 15.9 Å². The molecule has 0 unspecified atom stereocenters. The maximum atomic E-state index is 11.8. The molecular weight excluding hydrogens is 298 g/mol. The highest BCUT2D eigenvalue weighted by Crippen LogP contribution is 2.16. The largest absolute Gasteiger partial charge is 0.394 e. The summed E-state index contributed by atoms with van der Waals surface area (Å²) >= 11 is 3.27. The number of hydrogen-bond acceptors (Lipinski definition) is 4. The summed E-state index contributed by atoms with van der Waals surface area (Å²) in [6.07, 6.45) is 6.33. The Balaban J connectivity index is 2.57. The zero-order valence-corrected chi connectivity index (χ0v) is 12.2. The molecule has 0 fully saturated rings. The topological polar surface area (TPSA) is 67.2 Å². The lowest BCUT2D eigenvalue weighted by Gasteiger charge is -2.09. The third-order valence-corrected chi connectivity index (χ3v) is 3.41. The first-order valence-electron chi connectivity index (χ1n) is 6.31. The van der Waals surface area contributed by atoms with Gasteiger partial charge in [-0.2, -0.15) is 5.10 Å². The van der Waals surface area contributed by atoms with Crippen LogP contribution in [0.25, 0.3) is 0 Å². The molecule has 0 atom stereocenters. The van der Waals surface area contributed by atoms with Crippen molar-refractivity contribution >= 4 is 21.6 Å². The van der Waals surface area contributed by atoms with Gasteiger partial charge in [-0.25, -0.2) is 4.68 Å². The monoisotopic (exact) mass is 317 g/mol. The molecule has 1 aromatic heterocycles. The number of rotatable bonds is 8. The molecule has 0 aliphatic carbocycles. The average molecular weight is 318 g/mol. The molecule has 18 heavy (non-hydrogen) atoms. The zero-order valence-electron chi connectivity index (χ0n) is 10.7. The lowest BCUT2D eigenvalue weighted by molar-refractivity contribution is 0.266. The summed E-state index contributed by atoms with van der Waals surface area (Å²) in [5, 5.41) is 16.0. The SMILES string of the molecule is CCCCCCNc1cnn(CCO)c(=O)c1Br. The van der Waals surface area contributed by atoms with Crippen molar-refractivity contribution in [3.05, 3.63) is 21.0 Å². The molecule has 0 aromatic carbocycles. The van der Waals surface area contributed by atoms with E-state index >= 15 is 0 Å². The molecule has 0 radical (unpaired) electrons. The van der Waals surface area contributed by atoms with Crippen LogP contribution in [-0.4, -0.2) is 28.0 Å². The smallest absolute Gasteiger partial charge is 0.283 e. The number of aliphatic hydroxyl groups excluding tert-OH is 1. The summed E-state index contributed by atoms with van der Waals surface area (Å²) in [6, 6.07) is 0. The van der Waals surface area contributed by atoms with Crippen LogP contribution in [0, 0.1) is 0 Å². The molecule has 5 nitrogen and oxygen atoms in total. The summed E-state index contributed by atoms with van der Waals surface area (Å²) in [5.41, 5.74) is 0.494. The first kappa shape index (κ1) is 15.2. The molecule has 0 aliphatic heterocycles. The molecular formula is C12H20BrN3O2. The molecule has 102 valence electrons. The van der Waals surface area contributed by atoms with E-state index in [4.69, 9.17) is 5.11 Å². The molecule has 0 amide bonds. The second-order valence-corrected chi connectivity index (χ2v) is 4.90. The van der Waals surface area contributed by atoms with E-state index in [-0.39, 0.29) is 18.7 Å². The van der Waals surface area contributed by atoms with Crippen molar-refractivity contribution in [1.82, 2.24) is 9.78 Å². The number of hydrogen-bond donors (Lipinski definition) is 2. The Morgan fingerprint density at radius 2 is 2.22 bits per heavy atom. The summed E-state index contributed by atoms with van der Waals surface area (Å²) in [5.74, 6) is 0. The number of nitrogens with zero attached hydrogens (tertiary/aromatic N) is 2. The van der Waals surface area contributed by atoms with Crippen LogP contribution in [0.2, 0.25) is 0 Å². The van der Waals surface area contributed by atoms with Crippen LogP contribution < -0.4 is 10.9 Å². The van der Waals surface area contributed by atoms with E-state index in [0.717, 1.165) is 13.0 Å². The van der Waals surface area contributed by atoms with Crippen LogP contribution in [0.15, 0.2) is 15.5 Å². The molecule has 0 bridgehead atoms. The zero-order chi connectivity index (χ0) is 13.4. The molecule has 2 N–H and O–H groups in total. The fraction of sp³-hybridized carbons (Fsp3) is 0.667. The summed E-state index contributed by atoms with van der Waals surface area (Å²) in [4.78, 5) is 11.8. The van der Waals surface area contributed by atoms with Gasteiger partial charge < -0.3 is 10.4 Å². The lowest BCUT2D eigenvalue weighted by Crippen LogP contribution is -2.26. The predicted octanol–water partition coefficient (Wildman–Crippen LogP) is 1.99. The molecule has 0 spiro atoms. The minimum absolute atomic E-state index is 0.0941. The van der Waals surface area contributed by atoms with Gasteiger partial charge in [0.25, 0.3) is 5.56 Å². The van der Waals surface area contributed by atoms with Gasteiger partial charge in [-0.05, 0) is 22.4 Å². The van der Waals surface area contributed by atoms with Crippen molar-refractivity contribution in [3.63, 3.8) is 0 Å². The van der Waals surface area contributed by atoms with Crippen molar-refractivity contribution in [2.45, 2.75) is 39.2 Å². The quantitative estimate of drug-likeness (QED) is 0.720. The number of aliphatic hydroxyl groups is 1. The molecule has 0 saturated heterocycles. The summed E-state index contributed by atoms with van der Waals surface area (Å²) in [7, 11) is 0. The molecule has 1 rings (SSSR count). The minimum atomic E-state index is -0.220. The fourth-order valence-electron chi connectivity index (χ4n) is 1.62. The standard InChI is InChI=1S/C12H20BrN3O2/c1-2-3-4-5-6-14-10-9-15-16(7-8-17)12(18)11(10)13/h9,14,17H,2-8H2,1H3. The highest BCUT2D eigenvalue weighted by atomic mass is 79.9. The van der Waals surface area contributed by atoms with Crippen molar-refractivity contribution in [2.75, 3.05) is 18.5 Å². The number of unbranched alkanes of at least 4 members (excludes halogenated alkanes) is 3. The van der Waals surface area contributed by atoms with Crippen molar-refractivity contribution < 1.29 is 5.11 Å². The van der Waals surface area contributed by atoms with E-state index in [1.165, 1.54) is 23.9 Å². The van der Waals surface area contributed by atoms with Gasteiger partial charge in [0.15, 0.2) is 0 Å². The van der Waals surface area contributed by atoms with Crippen LogP contribution in [0.5, 0.6) is 0 Å². The second kappa shape index (κ2) is 8.26. The first-order valence-corrected chi connectivity index (χ1v) is 7.10. The normalized spacial score (nSPS) is 10.6. The van der Waals surface area contributed by atoms with E-state index in [9.17, 15) is 4.79 Å². The van der Waals surface area contributed by atoms with Gasteiger partial charge in [0.2, 0.25) is 0 Å². The van der Waals surface area contributed by atoms with E-state index in [0.29, 0.717) is 10.2 Å². The number of aromatic nitrogens is 2. The summed E-state index contributed by atoms with van der Waals surface area (Å²) in [6.45, 7) is 3.13. The lowest BCUT2D eigenvalue weighted by atomic mass is 10.2. The third kappa shape index (κ3) is 4.42. The maximum absolute atomic E-state index is 11.8. The van der Waals surface area contributed by atoms with E-state index in [1.54, 1.807) is 6.20 Å². The average Bonchev–Trinajstić information content (AvgIpc) is 2.37. The Kier molecular flexibility index (Phi) is 6.97. The fourth-order valence-corrected chi connectivity index (χ4v) is 2.06. The predicted molar refractivity (Wildman–Crippen MR) is 75.9 cm³/mol. The number of nitrogens with one attached hydrogen (secondary N) is 1. The van der Waals surface area contributed by atoms with Crippen molar-refractivity contribution in [1.29, 1.82) is 0 Å². The van der Waals surface area contributed by atoms with Crippen LogP contribution in [0.3, 0.4) is 0 Å². The Morgan fingerprint density at radius 1 is 1.44 bits per heavy atom. The van der Waals surface area contributed by atoms with Crippen molar-refractivity contribution in [2.24, 2.45) is 0 Å². The number of halogens is 1. The Morgan fingerprint density at radius 3 is 2.89 bits per heavy atom. The highest BCUT2D eigenvalue weighted by molar-refractivity contribution is 9.10. The Bertz CT molecular complexity index is 420. The second-order valence-electron chi connectivity index (χ2n) is 4.11. The van der Waals surface area contributed by atoms with Gasteiger partial charge in [0, 0.05) is 6.54 Å². The Hall–Kier alpha value is -0.880. The van der Waals surface area contributed by atoms with Crippen LogP contribution in [0.1, 0.15) is 32.6 Å². The molecule has 1 aromatic rings. The van der Waals surface area contributed by atoms with Crippen molar-refractivity contribution in [3.8, 4) is 0 Å². The van der Waals surface area contributed by atoms with E-state index < -0.39 is 0 Å². The molecule has 0 saturated carbocycles. The molecule has 1 heterocycles. The number of anilines is 1. The highest BCUT2D eigenvalue weighted by Gasteiger charge is 2.07. The van der Waals surface area contributed by atoms with E-state index in [2.05, 4.69) is 33.3 Å². The van der Waals surface area contributed by atoms with E-state index in [1.807, 2.05) is 0 Å². The molecule has 6 heteroatoms.